The molecule has 1 amide bonds. The van der Waals surface area contributed by atoms with Crippen molar-refractivity contribution < 1.29 is 19.1 Å². The first-order chi connectivity index (χ1) is 15.5. The van der Waals surface area contributed by atoms with Crippen molar-refractivity contribution in [2.75, 3.05) is 12.4 Å². The van der Waals surface area contributed by atoms with Gasteiger partial charge in [0.05, 0.1) is 22.6 Å². The molecule has 0 saturated heterocycles. The third-order valence-corrected chi connectivity index (χ3v) is 7.89. The lowest BCUT2D eigenvalue weighted by molar-refractivity contribution is 0.0601. The number of carbonyl (C=O) groups excluding carboxylic acids is 2. The average Bonchev–Trinajstić information content (AvgIpc) is 3.32. The number of aryl methyl sites for hydroxylation is 2. The van der Waals surface area contributed by atoms with Crippen molar-refractivity contribution in [2.24, 2.45) is 0 Å². The van der Waals surface area contributed by atoms with Gasteiger partial charge in [-0.3, -0.25) is 4.79 Å². The lowest BCUT2D eigenvalue weighted by atomic mass is 10.1. The van der Waals surface area contributed by atoms with Gasteiger partial charge in [-0.1, -0.05) is 24.1 Å². The zero-order chi connectivity index (χ0) is 22.7. The van der Waals surface area contributed by atoms with Crippen LogP contribution in [0.15, 0.2) is 29.6 Å². The fourth-order valence-corrected chi connectivity index (χ4v) is 6.00. The molecule has 0 aliphatic heterocycles. The molecule has 2 aromatic heterocycles. The van der Waals surface area contributed by atoms with Crippen molar-refractivity contribution >= 4 is 51.2 Å². The van der Waals surface area contributed by atoms with Gasteiger partial charge in [-0.2, -0.15) is 0 Å². The van der Waals surface area contributed by atoms with Crippen molar-refractivity contribution in [3.8, 4) is 5.75 Å². The summed E-state index contributed by atoms with van der Waals surface area (Å²) in [6, 6.07) is 7.42. The summed E-state index contributed by atoms with van der Waals surface area (Å²) in [5.41, 5.74) is 3.49. The molecule has 1 aromatic carbocycles. The van der Waals surface area contributed by atoms with Gasteiger partial charge in [0.25, 0.3) is 5.91 Å². The molecule has 0 spiro atoms. The Hall–Kier alpha value is -2.35. The third kappa shape index (κ3) is 5.00. The molecule has 5 nitrogen and oxygen atoms in total. The summed E-state index contributed by atoms with van der Waals surface area (Å²) in [7, 11) is 1.38. The molecule has 168 valence electrons. The number of fused-ring (bicyclic) bond motifs is 1. The number of thiophene rings is 2. The fourth-order valence-electron chi connectivity index (χ4n) is 3.77. The Kier molecular flexibility index (Phi) is 7.18. The maximum absolute atomic E-state index is 12.9. The SMILES string of the molecule is COC(=O)c1c(NC(=O)c2cc(COc3cc(C)ccc3Cl)cs2)sc2c1CCCCC2. The van der Waals surface area contributed by atoms with Crippen LogP contribution in [-0.2, 0) is 24.2 Å². The lowest BCUT2D eigenvalue weighted by Crippen LogP contribution is -2.13. The summed E-state index contributed by atoms with van der Waals surface area (Å²) in [6.07, 6.45) is 5.06. The van der Waals surface area contributed by atoms with E-state index in [1.54, 1.807) is 12.1 Å². The topological polar surface area (TPSA) is 64.6 Å². The van der Waals surface area contributed by atoms with E-state index in [0.29, 0.717) is 32.8 Å². The second kappa shape index (κ2) is 10.1. The molecule has 3 aromatic rings. The standard InChI is InChI=1S/C24H24ClNO4S2/c1-14-8-9-17(25)18(10-14)30-12-15-11-20(31-13-15)22(27)26-23-21(24(28)29-2)16-6-4-3-5-7-19(16)32-23/h8-11,13H,3-7,12H2,1-2H3,(H,26,27). The fraction of sp³-hybridized carbons (Fsp3) is 0.333. The summed E-state index contributed by atoms with van der Waals surface area (Å²) in [4.78, 5) is 27.1. The lowest BCUT2D eigenvalue weighted by Gasteiger charge is -2.08. The van der Waals surface area contributed by atoms with Gasteiger partial charge >= 0.3 is 5.97 Å². The van der Waals surface area contributed by atoms with E-state index in [4.69, 9.17) is 21.1 Å². The second-order valence-corrected chi connectivity index (χ2v) is 10.2. The number of hydrogen-bond acceptors (Lipinski definition) is 6. The van der Waals surface area contributed by atoms with Crippen LogP contribution in [0, 0.1) is 6.92 Å². The molecule has 8 heteroatoms. The Balaban J connectivity index is 1.48. The average molecular weight is 490 g/mol. The van der Waals surface area contributed by atoms with E-state index in [0.717, 1.165) is 48.8 Å². The zero-order valence-corrected chi connectivity index (χ0v) is 20.3. The molecule has 0 bridgehead atoms. The van der Waals surface area contributed by atoms with Crippen molar-refractivity contribution in [2.45, 2.75) is 45.6 Å². The van der Waals surface area contributed by atoms with E-state index in [-0.39, 0.29) is 5.91 Å². The molecule has 1 N–H and O–H groups in total. The van der Waals surface area contributed by atoms with Gasteiger partial charge in [0, 0.05) is 10.4 Å². The van der Waals surface area contributed by atoms with Crippen LogP contribution in [0.3, 0.4) is 0 Å². The van der Waals surface area contributed by atoms with Gasteiger partial charge in [0.1, 0.15) is 17.4 Å². The van der Waals surface area contributed by atoms with Crippen LogP contribution in [0.25, 0.3) is 0 Å². The van der Waals surface area contributed by atoms with Gasteiger partial charge in [-0.15, -0.1) is 22.7 Å². The Morgan fingerprint density at radius 1 is 1.16 bits per heavy atom. The minimum absolute atomic E-state index is 0.239. The van der Waals surface area contributed by atoms with E-state index in [1.807, 2.05) is 24.4 Å². The van der Waals surface area contributed by atoms with Crippen LogP contribution in [0.4, 0.5) is 5.00 Å². The molecule has 0 unspecified atom stereocenters. The molecule has 0 atom stereocenters. The van der Waals surface area contributed by atoms with E-state index in [1.165, 1.54) is 34.7 Å². The molecule has 32 heavy (non-hydrogen) atoms. The quantitative estimate of drug-likeness (QED) is 0.310. The summed E-state index contributed by atoms with van der Waals surface area (Å²) >= 11 is 9.02. The van der Waals surface area contributed by atoms with Gasteiger partial charge in [0.2, 0.25) is 0 Å². The predicted molar refractivity (Wildman–Crippen MR) is 130 cm³/mol. The summed E-state index contributed by atoms with van der Waals surface area (Å²) in [6.45, 7) is 2.29. The molecular weight excluding hydrogens is 466 g/mol. The zero-order valence-electron chi connectivity index (χ0n) is 18.0. The van der Waals surface area contributed by atoms with Gasteiger partial charge in [0.15, 0.2) is 0 Å². The van der Waals surface area contributed by atoms with Crippen LogP contribution < -0.4 is 10.1 Å². The molecule has 0 fully saturated rings. The first-order valence-corrected chi connectivity index (χ1v) is 12.5. The number of amides is 1. The number of anilines is 1. The maximum atomic E-state index is 12.9. The number of halogens is 1. The molecular formula is C24H24ClNO4S2. The first kappa shape index (κ1) is 22.8. The Morgan fingerprint density at radius 2 is 1.97 bits per heavy atom. The van der Waals surface area contributed by atoms with E-state index >= 15 is 0 Å². The minimum atomic E-state index is -0.394. The Labute approximate surface area is 200 Å². The van der Waals surface area contributed by atoms with E-state index < -0.39 is 5.97 Å². The number of methoxy groups -OCH3 is 1. The van der Waals surface area contributed by atoms with Crippen LogP contribution >= 0.6 is 34.3 Å². The van der Waals surface area contributed by atoms with Crippen molar-refractivity contribution in [1.29, 1.82) is 0 Å². The number of hydrogen-bond donors (Lipinski definition) is 1. The summed E-state index contributed by atoms with van der Waals surface area (Å²) in [5, 5.41) is 5.97. The largest absolute Gasteiger partial charge is 0.487 e. The summed E-state index contributed by atoms with van der Waals surface area (Å²) < 4.78 is 10.8. The highest BCUT2D eigenvalue weighted by Gasteiger charge is 2.26. The highest BCUT2D eigenvalue weighted by atomic mass is 35.5. The highest BCUT2D eigenvalue weighted by molar-refractivity contribution is 7.17. The Morgan fingerprint density at radius 3 is 2.78 bits per heavy atom. The van der Waals surface area contributed by atoms with Crippen LogP contribution in [0.1, 0.15) is 60.9 Å². The van der Waals surface area contributed by atoms with Crippen LogP contribution in [0.2, 0.25) is 5.02 Å². The van der Waals surface area contributed by atoms with Gasteiger partial charge < -0.3 is 14.8 Å². The molecule has 1 aliphatic rings. The second-order valence-electron chi connectivity index (χ2n) is 7.76. The molecule has 0 saturated carbocycles. The maximum Gasteiger partial charge on any atom is 0.341 e. The van der Waals surface area contributed by atoms with Crippen LogP contribution in [-0.4, -0.2) is 19.0 Å². The molecule has 0 radical (unpaired) electrons. The smallest absolute Gasteiger partial charge is 0.341 e. The minimum Gasteiger partial charge on any atom is -0.487 e. The number of benzene rings is 1. The van der Waals surface area contributed by atoms with Gasteiger partial charge in [-0.05, 0) is 67.3 Å². The molecule has 2 heterocycles. The number of nitrogens with one attached hydrogen (secondary N) is 1. The van der Waals surface area contributed by atoms with Crippen molar-refractivity contribution in [3.63, 3.8) is 0 Å². The number of esters is 1. The Bertz CT molecular complexity index is 1150. The highest BCUT2D eigenvalue weighted by Crippen LogP contribution is 2.38. The number of rotatable bonds is 6. The number of carbonyl (C=O) groups is 2. The van der Waals surface area contributed by atoms with Gasteiger partial charge in [-0.25, -0.2) is 4.79 Å². The normalized spacial score (nSPS) is 13.2. The molecule has 1 aliphatic carbocycles. The van der Waals surface area contributed by atoms with E-state index in [2.05, 4.69) is 5.32 Å². The van der Waals surface area contributed by atoms with Crippen molar-refractivity contribution in [1.82, 2.24) is 0 Å². The number of ether oxygens (including phenoxy) is 2. The van der Waals surface area contributed by atoms with Crippen molar-refractivity contribution in [3.05, 3.63) is 66.7 Å². The summed E-state index contributed by atoms with van der Waals surface area (Å²) in [5.74, 6) is -0.0157. The first-order valence-electron chi connectivity index (χ1n) is 10.5. The van der Waals surface area contributed by atoms with E-state index in [9.17, 15) is 9.59 Å². The predicted octanol–water partition coefficient (Wildman–Crippen LogP) is 6.66. The monoisotopic (exact) mass is 489 g/mol. The third-order valence-electron chi connectivity index (χ3n) is 5.40. The van der Waals surface area contributed by atoms with Crippen LogP contribution in [0.5, 0.6) is 5.75 Å². The molecule has 4 rings (SSSR count).